The molecular formula is C46H62N4O9. The van der Waals surface area contributed by atoms with Crippen molar-refractivity contribution in [3.8, 4) is 0 Å². The SMILES string of the molecule is CC(C)Cc1ccc([C@H](C)C(=O)NC[C@@H](NC(=O)C[C@@H](NC(=O)OCc2ccccc2)C(=O)OC(C)(C)C)C(=O)NCCCCCCC(=O)OCc2ccccc2)cc1. The summed E-state index contributed by atoms with van der Waals surface area (Å²) in [7, 11) is 0. The Balaban J connectivity index is 1.60. The fourth-order valence-corrected chi connectivity index (χ4v) is 5.93. The molecule has 0 unspecified atom stereocenters. The highest BCUT2D eigenvalue weighted by atomic mass is 16.6. The van der Waals surface area contributed by atoms with Gasteiger partial charge in [0.05, 0.1) is 12.3 Å². The minimum absolute atomic E-state index is 0.0658. The Labute approximate surface area is 348 Å². The lowest BCUT2D eigenvalue weighted by Crippen LogP contribution is -2.54. The summed E-state index contributed by atoms with van der Waals surface area (Å²) >= 11 is 0. The van der Waals surface area contributed by atoms with Gasteiger partial charge in [-0.2, -0.15) is 0 Å². The molecule has 0 aromatic heterocycles. The van der Waals surface area contributed by atoms with Crippen molar-refractivity contribution in [1.29, 1.82) is 0 Å². The van der Waals surface area contributed by atoms with Crippen LogP contribution in [0.15, 0.2) is 84.9 Å². The van der Waals surface area contributed by atoms with E-state index in [0.29, 0.717) is 18.8 Å². The number of hydrogen-bond acceptors (Lipinski definition) is 9. The smallest absolute Gasteiger partial charge is 0.408 e. The highest BCUT2D eigenvalue weighted by molar-refractivity contribution is 5.92. The van der Waals surface area contributed by atoms with Gasteiger partial charge in [-0.25, -0.2) is 9.59 Å². The molecule has 0 spiro atoms. The molecular weight excluding hydrogens is 753 g/mol. The first-order valence-corrected chi connectivity index (χ1v) is 20.4. The van der Waals surface area contributed by atoms with E-state index in [1.807, 2.05) is 60.7 Å². The van der Waals surface area contributed by atoms with E-state index in [0.717, 1.165) is 36.0 Å². The van der Waals surface area contributed by atoms with E-state index in [1.54, 1.807) is 52.0 Å². The molecule has 0 bridgehead atoms. The fourth-order valence-electron chi connectivity index (χ4n) is 5.93. The number of carbonyl (C=O) groups excluding carboxylic acids is 6. The molecule has 0 radical (unpaired) electrons. The molecule has 4 amide bonds. The maximum atomic E-state index is 13.5. The van der Waals surface area contributed by atoms with Crippen molar-refractivity contribution in [2.75, 3.05) is 13.1 Å². The van der Waals surface area contributed by atoms with Gasteiger partial charge in [0.25, 0.3) is 0 Å². The van der Waals surface area contributed by atoms with Crippen LogP contribution in [0.25, 0.3) is 0 Å². The van der Waals surface area contributed by atoms with E-state index < -0.39 is 53.9 Å². The summed E-state index contributed by atoms with van der Waals surface area (Å²) in [5.41, 5.74) is 2.69. The van der Waals surface area contributed by atoms with Crippen molar-refractivity contribution >= 4 is 35.8 Å². The number of unbranched alkanes of at least 4 members (excludes halogenated alkanes) is 3. The number of benzene rings is 3. The monoisotopic (exact) mass is 814 g/mol. The minimum atomic E-state index is -1.44. The quantitative estimate of drug-likeness (QED) is 0.0478. The van der Waals surface area contributed by atoms with Crippen LogP contribution in [0.3, 0.4) is 0 Å². The molecule has 0 aliphatic rings. The van der Waals surface area contributed by atoms with Crippen molar-refractivity contribution in [3.63, 3.8) is 0 Å². The van der Waals surface area contributed by atoms with Gasteiger partial charge in [0.1, 0.15) is 30.9 Å². The molecule has 3 aromatic rings. The van der Waals surface area contributed by atoms with Crippen molar-refractivity contribution in [1.82, 2.24) is 21.3 Å². The predicted molar refractivity (Wildman–Crippen MR) is 225 cm³/mol. The lowest BCUT2D eigenvalue weighted by molar-refractivity contribution is -0.158. The third-order valence-electron chi connectivity index (χ3n) is 9.08. The van der Waals surface area contributed by atoms with Gasteiger partial charge in [-0.15, -0.1) is 0 Å². The van der Waals surface area contributed by atoms with E-state index in [1.165, 1.54) is 5.56 Å². The molecule has 13 nitrogen and oxygen atoms in total. The first kappa shape index (κ1) is 47.7. The van der Waals surface area contributed by atoms with Crippen LogP contribution >= 0.6 is 0 Å². The van der Waals surface area contributed by atoms with Gasteiger partial charge in [-0.3, -0.25) is 19.2 Å². The van der Waals surface area contributed by atoms with Crippen LogP contribution in [0, 0.1) is 5.92 Å². The molecule has 0 saturated carbocycles. The first-order chi connectivity index (χ1) is 28.1. The van der Waals surface area contributed by atoms with Gasteiger partial charge in [0.2, 0.25) is 17.7 Å². The second-order valence-electron chi connectivity index (χ2n) is 16.0. The molecule has 0 saturated heterocycles. The van der Waals surface area contributed by atoms with Gasteiger partial charge in [0, 0.05) is 19.5 Å². The predicted octanol–water partition coefficient (Wildman–Crippen LogP) is 6.43. The Morgan fingerprint density at radius 3 is 1.81 bits per heavy atom. The molecule has 13 heteroatoms. The molecule has 3 atom stereocenters. The van der Waals surface area contributed by atoms with Gasteiger partial charge >= 0.3 is 18.0 Å². The van der Waals surface area contributed by atoms with Crippen LogP contribution in [0.4, 0.5) is 4.79 Å². The maximum Gasteiger partial charge on any atom is 0.408 e. The average Bonchev–Trinajstić information content (AvgIpc) is 3.19. The number of alkyl carbamates (subject to hydrolysis) is 1. The number of carbonyl (C=O) groups is 6. The van der Waals surface area contributed by atoms with E-state index in [4.69, 9.17) is 14.2 Å². The van der Waals surface area contributed by atoms with Crippen molar-refractivity contribution in [3.05, 3.63) is 107 Å². The zero-order valence-corrected chi connectivity index (χ0v) is 35.3. The normalized spacial score (nSPS) is 12.7. The van der Waals surface area contributed by atoms with Gasteiger partial charge in [-0.05, 0) is 75.1 Å². The van der Waals surface area contributed by atoms with E-state index in [9.17, 15) is 28.8 Å². The Morgan fingerprint density at radius 1 is 0.627 bits per heavy atom. The summed E-state index contributed by atoms with van der Waals surface area (Å²) in [5, 5.41) is 10.7. The molecule has 0 aliphatic carbocycles. The average molecular weight is 815 g/mol. The van der Waals surface area contributed by atoms with Crippen LogP contribution in [0.2, 0.25) is 0 Å². The summed E-state index contributed by atoms with van der Waals surface area (Å²) < 4.78 is 16.1. The number of amides is 4. The highest BCUT2D eigenvalue weighted by Gasteiger charge is 2.31. The second kappa shape index (κ2) is 24.9. The van der Waals surface area contributed by atoms with E-state index in [-0.39, 0.29) is 44.6 Å². The third kappa shape index (κ3) is 19.5. The zero-order valence-electron chi connectivity index (χ0n) is 35.3. The Kier molecular flexibility index (Phi) is 20.1. The number of hydrogen-bond donors (Lipinski definition) is 4. The van der Waals surface area contributed by atoms with Crippen LogP contribution in [0.5, 0.6) is 0 Å². The van der Waals surface area contributed by atoms with Crippen LogP contribution in [0.1, 0.15) is 108 Å². The fraction of sp³-hybridized carbons (Fsp3) is 0.478. The summed E-state index contributed by atoms with van der Waals surface area (Å²) in [6.07, 6.45) is 2.42. The molecule has 4 N–H and O–H groups in total. The topological polar surface area (TPSA) is 178 Å². The Hall–Kier alpha value is -5.72. The molecule has 59 heavy (non-hydrogen) atoms. The molecule has 3 rings (SSSR count). The maximum absolute atomic E-state index is 13.5. The lowest BCUT2D eigenvalue weighted by Gasteiger charge is -2.25. The van der Waals surface area contributed by atoms with Crippen LogP contribution < -0.4 is 21.3 Å². The highest BCUT2D eigenvalue weighted by Crippen LogP contribution is 2.18. The van der Waals surface area contributed by atoms with E-state index >= 15 is 0 Å². The first-order valence-electron chi connectivity index (χ1n) is 20.4. The lowest BCUT2D eigenvalue weighted by atomic mass is 9.96. The minimum Gasteiger partial charge on any atom is -0.461 e. The number of esters is 2. The molecule has 0 fully saturated rings. The zero-order chi connectivity index (χ0) is 43.2. The van der Waals surface area contributed by atoms with Crippen molar-refractivity contribution in [2.45, 2.75) is 123 Å². The summed E-state index contributed by atoms with van der Waals surface area (Å²) in [5.74, 6) is -2.81. The molecule has 0 aliphatic heterocycles. The van der Waals surface area contributed by atoms with Crippen molar-refractivity contribution < 1.29 is 43.0 Å². The van der Waals surface area contributed by atoms with E-state index in [2.05, 4.69) is 35.1 Å². The van der Waals surface area contributed by atoms with Crippen LogP contribution in [-0.4, -0.2) is 66.5 Å². The number of ether oxygens (including phenoxy) is 3. The Bertz CT molecular complexity index is 1780. The molecule has 320 valence electrons. The van der Waals surface area contributed by atoms with Gasteiger partial charge < -0.3 is 35.5 Å². The largest absolute Gasteiger partial charge is 0.461 e. The summed E-state index contributed by atoms with van der Waals surface area (Å²) in [6, 6.07) is 23.6. The number of nitrogens with one attached hydrogen (secondary N) is 4. The van der Waals surface area contributed by atoms with Gasteiger partial charge in [-0.1, -0.05) is 112 Å². The standard InChI is InChI=1S/C46H62N4O9/c1-32(2)27-34-22-24-37(25-23-34)33(3)42(53)48-29-39(43(54)47-26-16-8-7-15-21-41(52)57-30-35-17-11-9-12-18-35)49-40(51)28-38(44(55)59-46(4,5)6)50-45(56)58-31-36-19-13-10-14-20-36/h9-14,17-20,22-25,32-33,38-39H,7-8,15-16,21,26-31H2,1-6H3,(H,47,54)(H,48,53)(H,49,51)(H,50,56)/t33-,38+,39+/m0/s1. The Morgan fingerprint density at radius 2 is 1.22 bits per heavy atom. The van der Waals surface area contributed by atoms with Gasteiger partial charge in [0.15, 0.2) is 0 Å². The van der Waals surface area contributed by atoms with Crippen molar-refractivity contribution in [2.24, 2.45) is 5.92 Å². The second-order valence-corrected chi connectivity index (χ2v) is 16.0. The summed E-state index contributed by atoms with van der Waals surface area (Å²) in [6.45, 7) is 11.2. The molecule has 3 aromatic carbocycles. The number of rotatable bonds is 23. The van der Waals surface area contributed by atoms with Crippen LogP contribution in [-0.2, 0) is 57.8 Å². The molecule has 0 heterocycles. The summed E-state index contributed by atoms with van der Waals surface area (Å²) in [4.78, 5) is 78.4. The third-order valence-corrected chi connectivity index (χ3v) is 9.08.